The minimum absolute atomic E-state index is 0.115. The Morgan fingerprint density at radius 3 is 2.50 bits per heavy atom. The molecule has 1 aliphatic rings. The first kappa shape index (κ1) is 18.5. The molecule has 6 heteroatoms. The van der Waals surface area contributed by atoms with Gasteiger partial charge in [0, 0.05) is 5.69 Å². The maximum Gasteiger partial charge on any atom is 0.178 e. The first-order chi connectivity index (χ1) is 13.8. The SMILES string of the molecule is CCOc1ccc(NC(c2ccccc2)c2nnnn2C2CCCCC2)cc1. The van der Waals surface area contributed by atoms with Crippen LogP contribution < -0.4 is 10.1 Å². The molecule has 1 heterocycles. The van der Waals surface area contributed by atoms with Crippen molar-refractivity contribution >= 4 is 5.69 Å². The number of nitrogens with zero attached hydrogens (tertiary/aromatic N) is 4. The summed E-state index contributed by atoms with van der Waals surface area (Å²) in [6.07, 6.45) is 6.07. The second kappa shape index (κ2) is 8.87. The lowest BCUT2D eigenvalue weighted by atomic mass is 9.95. The van der Waals surface area contributed by atoms with E-state index in [0.717, 1.165) is 35.7 Å². The summed E-state index contributed by atoms with van der Waals surface area (Å²) in [7, 11) is 0. The van der Waals surface area contributed by atoms with Gasteiger partial charge in [-0.2, -0.15) is 0 Å². The molecular weight excluding hydrogens is 350 g/mol. The van der Waals surface area contributed by atoms with Crippen LogP contribution in [0.1, 0.15) is 62.5 Å². The summed E-state index contributed by atoms with van der Waals surface area (Å²) in [6.45, 7) is 2.65. The number of rotatable bonds is 7. The molecule has 1 fully saturated rings. The van der Waals surface area contributed by atoms with Crippen LogP contribution in [-0.2, 0) is 0 Å². The normalized spacial score (nSPS) is 15.9. The summed E-state index contributed by atoms with van der Waals surface area (Å²) >= 11 is 0. The summed E-state index contributed by atoms with van der Waals surface area (Å²) in [4.78, 5) is 0. The number of tetrazole rings is 1. The topological polar surface area (TPSA) is 64.9 Å². The molecule has 4 rings (SSSR count). The van der Waals surface area contributed by atoms with E-state index < -0.39 is 0 Å². The van der Waals surface area contributed by atoms with Gasteiger partial charge < -0.3 is 10.1 Å². The highest BCUT2D eigenvalue weighted by atomic mass is 16.5. The number of nitrogens with one attached hydrogen (secondary N) is 1. The zero-order valence-electron chi connectivity index (χ0n) is 16.3. The van der Waals surface area contributed by atoms with Crippen LogP contribution in [0.3, 0.4) is 0 Å². The van der Waals surface area contributed by atoms with E-state index in [9.17, 15) is 0 Å². The van der Waals surface area contributed by atoms with E-state index in [-0.39, 0.29) is 6.04 Å². The molecule has 0 aliphatic heterocycles. The minimum Gasteiger partial charge on any atom is -0.494 e. The quantitative estimate of drug-likeness (QED) is 0.642. The van der Waals surface area contributed by atoms with Gasteiger partial charge >= 0.3 is 0 Å². The van der Waals surface area contributed by atoms with E-state index in [0.29, 0.717) is 12.6 Å². The zero-order chi connectivity index (χ0) is 19.2. The average Bonchev–Trinajstić information content (AvgIpc) is 3.24. The molecule has 28 heavy (non-hydrogen) atoms. The number of aromatic nitrogens is 4. The molecule has 0 bridgehead atoms. The molecule has 0 amide bonds. The van der Waals surface area contributed by atoms with Crippen molar-refractivity contribution in [2.24, 2.45) is 0 Å². The van der Waals surface area contributed by atoms with E-state index in [1.807, 2.05) is 41.9 Å². The van der Waals surface area contributed by atoms with Gasteiger partial charge in [-0.1, -0.05) is 49.6 Å². The molecule has 1 aliphatic carbocycles. The Balaban J connectivity index is 1.64. The Bertz CT molecular complexity index is 856. The van der Waals surface area contributed by atoms with E-state index in [4.69, 9.17) is 4.74 Å². The fourth-order valence-corrected chi connectivity index (χ4v) is 3.90. The molecule has 3 aromatic rings. The Morgan fingerprint density at radius 1 is 1.04 bits per heavy atom. The number of ether oxygens (including phenoxy) is 1. The van der Waals surface area contributed by atoms with Gasteiger partial charge in [0.15, 0.2) is 5.82 Å². The Morgan fingerprint density at radius 2 is 1.79 bits per heavy atom. The van der Waals surface area contributed by atoms with E-state index in [1.54, 1.807) is 0 Å². The Labute approximate surface area is 165 Å². The molecule has 0 spiro atoms. The first-order valence-corrected chi connectivity index (χ1v) is 10.2. The highest BCUT2D eigenvalue weighted by Gasteiger charge is 2.26. The fourth-order valence-electron chi connectivity index (χ4n) is 3.90. The van der Waals surface area contributed by atoms with E-state index >= 15 is 0 Å². The zero-order valence-corrected chi connectivity index (χ0v) is 16.3. The molecule has 0 radical (unpaired) electrons. The van der Waals surface area contributed by atoms with Crippen LogP contribution in [0, 0.1) is 0 Å². The number of anilines is 1. The molecule has 1 aromatic heterocycles. The highest BCUT2D eigenvalue weighted by Crippen LogP contribution is 2.32. The maximum absolute atomic E-state index is 5.56. The molecule has 1 N–H and O–H groups in total. The third-order valence-corrected chi connectivity index (χ3v) is 5.31. The second-order valence-electron chi connectivity index (χ2n) is 7.22. The van der Waals surface area contributed by atoms with Crippen LogP contribution in [-0.4, -0.2) is 26.8 Å². The third kappa shape index (κ3) is 4.16. The summed E-state index contributed by atoms with van der Waals surface area (Å²) in [6, 6.07) is 18.7. The van der Waals surface area contributed by atoms with Crippen LogP contribution in [0.2, 0.25) is 0 Å². The monoisotopic (exact) mass is 377 g/mol. The summed E-state index contributed by atoms with van der Waals surface area (Å²) in [5.74, 6) is 1.74. The molecule has 1 saturated carbocycles. The van der Waals surface area contributed by atoms with Crippen LogP contribution in [0.5, 0.6) is 5.75 Å². The molecule has 2 aromatic carbocycles. The van der Waals surface area contributed by atoms with Crippen molar-refractivity contribution in [1.29, 1.82) is 0 Å². The van der Waals surface area contributed by atoms with Gasteiger partial charge in [0.2, 0.25) is 0 Å². The van der Waals surface area contributed by atoms with Gasteiger partial charge in [-0.25, -0.2) is 4.68 Å². The second-order valence-corrected chi connectivity index (χ2v) is 7.22. The summed E-state index contributed by atoms with van der Waals surface area (Å²) < 4.78 is 7.60. The fraction of sp³-hybridized carbons (Fsp3) is 0.409. The van der Waals surface area contributed by atoms with Crippen LogP contribution in [0.25, 0.3) is 0 Å². The van der Waals surface area contributed by atoms with Crippen molar-refractivity contribution in [3.8, 4) is 5.75 Å². The predicted octanol–water partition coefficient (Wildman–Crippen LogP) is 4.78. The molecule has 1 unspecified atom stereocenters. The Kier molecular flexibility index (Phi) is 5.85. The summed E-state index contributed by atoms with van der Waals surface area (Å²) in [5.41, 5.74) is 2.15. The first-order valence-electron chi connectivity index (χ1n) is 10.2. The number of hydrogen-bond acceptors (Lipinski definition) is 5. The van der Waals surface area contributed by atoms with Gasteiger partial charge in [0.05, 0.1) is 12.6 Å². The lowest BCUT2D eigenvalue weighted by Crippen LogP contribution is -2.23. The molecular formula is C22H27N5O. The van der Waals surface area contributed by atoms with Crippen molar-refractivity contribution in [3.63, 3.8) is 0 Å². The minimum atomic E-state index is -0.115. The van der Waals surface area contributed by atoms with Gasteiger partial charge in [-0.15, -0.1) is 5.10 Å². The Hall–Kier alpha value is -2.89. The lowest BCUT2D eigenvalue weighted by molar-refractivity contribution is 0.315. The van der Waals surface area contributed by atoms with Gasteiger partial charge in [0.25, 0.3) is 0 Å². The van der Waals surface area contributed by atoms with Crippen molar-refractivity contribution in [1.82, 2.24) is 20.2 Å². The maximum atomic E-state index is 5.56. The predicted molar refractivity (Wildman–Crippen MR) is 109 cm³/mol. The van der Waals surface area contributed by atoms with Crippen molar-refractivity contribution in [2.45, 2.75) is 51.1 Å². The molecule has 1 atom stereocenters. The molecule has 146 valence electrons. The molecule has 6 nitrogen and oxygen atoms in total. The van der Waals surface area contributed by atoms with Crippen LogP contribution in [0.15, 0.2) is 54.6 Å². The van der Waals surface area contributed by atoms with E-state index in [2.05, 4.69) is 45.1 Å². The third-order valence-electron chi connectivity index (χ3n) is 5.31. The lowest BCUT2D eigenvalue weighted by Gasteiger charge is -2.26. The molecule has 0 saturated heterocycles. The number of benzene rings is 2. The van der Waals surface area contributed by atoms with Gasteiger partial charge in [0.1, 0.15) is 11.8 Å². The standard InChI is InChI=1S/C22H27N5O/c1-2-28-20-15-13-18(14-16-20)23-21(17-9-5-3-6-10-17)22-24-25-26-27(22)19-11-7-4-8-12-19/h3,5-6,9-10,13-16,19,21,23H,2,4,7-8,11-12H2,1H3. The average molecular weight is 377 g/mol. The van der Waals surface area contributed by atoms with Crippen LogP contribution in [0.4, 0.5) is 5.69 Å². The van der Waals surface area contributed by atoms with Crippen molar-refractivity contribution < 1.29 is 4.74 Å². The largest absolute Gasteiger partial charge is 0.494 e. The van der Waals surface area contributed by atoms with Gasteiger partial charge in [-0.3, -0.25) is 0 Å². The highest BCUT2D eigenvalue weighted by molar-refractivity contribution is 5.49. The van der Waals surface area contributed by atoms with E-state index in [1.165, 1.54) is 19.3 Å². The van der Waals surface area contributed by atoms with Gasteiger partial charge in [-0.05, 0) is 60.0 Å². The van der Waals surface area contributed by atoms with Crippen molar-refractivity contribution in [2.75, 3.05) is 11.9 Å². The smallest absolute Gasteiger partial charge is 0.178 e. The summed E-state index contributed by atoms with van der Waals surface area (Å²) in [5, 5.41) is 16.4. The van der Waals surface area contributed by atoms with Crippen LogP contribution >= 0.6 is 0 Å². The van der Waals surface area contributed by atoms with Crippen molar-refractivity contribution in [3.05, 3.63) is 66.0 Å². The number of hydrogen-bond donors (Lipinski definition) is 1.